The summed E-state index contributed by atoms with van der Waals surface area (Å²) in [6.07, 6.45) is 0.481. The summed E-state index contributed by atoms with van der Waals surface area (Å²) >= 11 is 0. The van der Waals surface area contributed by atoms with Crippen LogP contribution in [0.25, 0.3) is 0 Å². The van der Waals surface area contributed by atoms with Crippen molar-refractivity contribution in [3.05, 3.63) is 0 Å². The highest BCUT2D eigenvalue weighted by Crippen LogP contribution is 2.26. The van der Waals surface area contributed by atoms with Gasteiger partial charge in [0.25, 0.3) is 0 Å². The fraction of sp³-hybridized carbons (Fsp3) is 0.929. The van der Waals surface area contributed by atoms with Crippen LogP contribution >= 0.6 is 0 Å². The van der Waals surface area contributed by atoms with Crippen LogP contribution < -0.4 is 0 Å². The third-order valence-electron chi connectivity index (χ3n) is 3.59. The molecule has 4 heteroatoms. The predicted molar refractivity (Wildman–Crippen MR) is 73.5 cm³/mol. The summed E-state index contributed by atoms with van der Waals surface area (Å²) in [5.74, 6) is -0.112. The molecular weight excluding hydrogens is 228 g/mol. The third kappa shape index (κ3) is 4.25. The lowest BCUT2D eigenvalue weighted by molar-refractivity contribution is -0.142. The number of likely N-dealkylation sites (N-methyl/N-ethyl adjacent to an activating group) is 1. The molecule has 4 nitrogen and oxygen atoms in total. The van der Waals surface area contributed by atoms with Gasteiger partial charge in [-0.2, -0.15) is 0 Å². The zero-order valence-electron chi connectivity index (χ0n) is 12.7. The Labute approximate surface area is 111 Å². The molecule has 1 unspecified atom stereocenters. The molecule has 0 amide bonds. The Morgan fingerprint density at radius 3 is 2.50 bits per heavy atom. The molecule has 0 spiro atoms. The topological polar surface area (TPSA) is 32.8 Å². The third-order valence-corrected chi connectivity index (χ3v) is 3.59. The van der Waals surface area contributed by atoms with Gasteiger partial charge in [-0.15, -0.1) is 0 Å². The molecule has 0 radical (unpaired) electrons. The molecule has 1 atom stereocenters. The van der Waals surface area contributed by atoms with Gasteiger partial charge in [-0.25, -0.2) is 0 Å². The van der Waals surface area contributed by atoms with Crippen molar-refractivity contribution in [3.8, 4) is 0 Å². The van der Waals surface area contributed by atoms with Gasteiger partial charge in [0.15, 0.2) is 0 Å². The highest BCUT2D eigenvalue weighted by Gasteiger charge is 2.35. The fourth-order valence-electron chi connectivity index (χ4n) is 2.99. The van der Waals surface area contributed by atoms with Crippen LogP contribution in [-0.2, 0) is 9.53 Å². The predicted octanol–water partition coefficient (Wildman–Crippen LogP) is 1.60. The number of hydrogen-bond acceptors (Lipinski definition) is 4. The first kappa shape index (κ1) is 15.4. The zero-order valence-corrected chi connectivity index (χ0v) is 12.7. The smallest absolute Gasteiger partial charge is 0.307 e. The standard InChI is InChI=1S/C14H28N2O2/c1-11(2)16-10-14(3,4)9-15(5)8-12(16)7-13(17)18-6/h11-12H,7-10H2,1-6H3. The second kappa shape index (κ2) is 6.02. The van der Waals surface area contributed by atoms with Gasteiger partial charge in [-0.05, 0) is 26.3 Å². The summed E-state index contributed by atoms with van der Waals surface area (Å²) in [6, 6.07) is 0.703. The maximum atomic E-state index is 11.6. The maximum Gasteiger partial charge on any atom is 0.307 e. The Morgan fingerprint density at radius 2 is 2.00 bits per heavy atom. The Morgan fingerprint density at radius 1 is 1.39 bits per heavy atom. The van der Waals surface area contributed by atoms with Gasteiger partial charge in [0, 0.05) is 31.7 Å². The molecule has 0 saturated carbocycles. The Kier molecular flexibility index (Phi) is 5.17. The lowest BCUT2D eigenvalue weighted by Crippen LogP contribution is -2.46. The number of hydrogen-bond donors (Lipinski definition) is 0. The summed E-state index contributed by atoms with van der Waals surface area (Å²) in [7, 11) is 3.60. The van der Waals surface area contributed by atoms with Gasteiger partial charge in [0.05, 0.1) is 13.5 Å². The number of nitrogens with zero attached hydrogens (tertiary/aromatic N) is 2. The number of carbonyl (C=O) groups excluding carboxylic acids is 1. The molecule has 0 bridgehead atoms. The second-order valence-electron chi connectivity index (χ2n) is 6.56. The highest BCUT2D eigenvalue weighted by atomic mass is 16.5. The first-order valence-electron chi connectivity index (χ1n) is 6.76. The first-order valence-corrected chi connectivity index (χ1v) is 6.76. The van der Waals surface area contributed by atoms with Crippen LogP contribution in [0.4, 0.5) is 0 Å². The van der Waals surface area contributed by atoms with E-state index in [0.29, 0.717) is 12.5 Å². The molecule has 0 aromatic carbocycles. The molecule has 106 valence electrons. The number of ether oxygens (including phenoxy) is 1. The van der Waals surface area contributed by atoms with E-state index in [1.807, 2.05) is 0 Å². The van der Waals surface area contributed by atoms with Gasteiger partial charge in [-0.3, -0.25) is 9.69 Å². The number of esters is 1. The van der Waals surface area contributed by atoms with Crippen molar-refractivity contribution < 1.29 is 9.53 Å². The molecule has 1 rings (SSSR count). The molecular formula is C14H28N2O2. The average molecular weight is 256 g/mol. The maximum absolute atomic E-state index is 11.6. The molecule has 1 heterocycles. The van der Waals surface area contributed by atoms with Crippen LogP contribution in [-0.4, -0.2) is 61.6 Å². The monoisotopic (exact) mass is 256 g/mol. The second-order valence-corrected chi connectivity index (χ2v) is 6.56. The van der Waals surface area contributed by atoms with E-state index >= 15 is 0 Å². The summed E-state index contributed by atoms with van der Waals surface area (Å²) in [5.41, 5.74) is 0.254. The average Bonchev–Trinajstić information content (AvgIpc) is 2.33. The van der Waals surface area contributed by atoms with Crippen molar-refractivity contribution in [1.29, 1.82) is 0 Å². The largest absolute Gasteiger partial charge is 0.469 e. The van der Waals surface area contributed by atoms with Gasteiger partial charge in [-0.1, -0.05) is 13.8 Å². The number of rotatable bonds is 3. The van der Waals surface area contributed by atoms with Crippen molar-refractivity contribution >= 4 is 5.97 Å². The summed E-state index contributed by atoms with van der Waals surface area (Å²) in [5, 5.41) is 0. The molecule has 0 N–H and O–H groups in total. The molecule has 0 aliphatic carbocycles. The summed E-state index contributed by atoms with van der Waals surface area (Å²) in [4.78, 5) is 16.3. The van der Waals surface area contributed by atoms with Crippen molar-refractivity contribution in [2.45, 2.75) is 46.2 Å². The van der Waals surface area contributed by atoms with E-state index in [0.717, 1.165) is 19.6 Å². The Bertz CT molecular complexity index is 290. The lowest BCUT2D eigenvalue weighted by Gasteiger charge is -2.36. The van der Waals surface area contributed by atoms with E-state index in [-0.39, 0.29) is 17.4 Å². The molecule has 1 saturated heterocycles. The quantitative estimate of drug-likeness (QED) is 0.718. The molecule has 0 aromatic heterocycles. The van der Waals surface area contributed by atoms with Crippen molar-refractivity contribution in [2.24, 2.45) is 5.41 Å². The SMILES string of the molecule is COC(=O)CC1CN(C)CC(C)(C)CN1C(C)C. The van der Waals surface area contributed by atoms with E-state index in [4.69, 9.17) is 4.74 Å². The van der Waals surface area contributed by atoms with Gasteiger partial charge >= 0.3 is 5.97 Å². The van der Waals surface area contributed by atoms with Crippen LogP contribution in [0, 0.1) is 5.41 Å². The summed E-state index contributed by atoms with van der Waals surface area (Å²) in [6.45, 7) is 12.0. The summed E-state index contributed by atoms with van der Waals surface area (Å²) < 4.78 is 4.82. The van der Waals surface area contributed by atoms with Gasteiger partial charge in [0.2, 0.25) is 0 Å². The van der Waals surface area contributed by atoms with Crippen LogP contribution in [0.1, 0.15) is 34.1 Å². The van der Waals surface area contributed by atoms with Crippen molar-refractivity contribution in [3.63, 3.8) is 0 Å². The molecule has 1 fully saturated rings. The van der Waals surface area contributed by atoms with E-state index in [2.05, 4.69) is 44.5 Å². The molecule has 1 aliphatic rings. The molecule has 0 aromatic rings. The normalized spacial score (nSPS) is 26.1. The fourth-order valence-corrected chi connectivity index (χ4v) is 2.99. The van der Waals surface area contributed by atoms with E-state index in [1.165, 1.54) is 7.11 Å². The van der Waals surface area contributed by atoms with Crippen LogP contribution in [0.3, 0.4) is 0 Å². The van der Waals surface area contributed by atoms with Crippen molar-refractivity contribution in [2.75, 3.05) is 33.8 Å². The minimum absolute atomic E-state index is 0.112. The van der Waals surface area contributed by atoms with Crippen LogP contribution in [0.15, 0.2) is 0 Å². The molecule has 18 heavy (non-hydrogen) atoms. The lowest BCUT2D eigenvalue weighted by atomic mass is 9.92. The van der Waals surface area contributed by atoms with Gasteiger partial charge < -0.3 is 9.64 Å². The molecule has 1 aliphatic heterocycles. The van der Waals surface area contributed by atoms with E-state index in [1.54, 1.807) is 0 Å². The number of methoxy groups -OCH3 is 1. The van der Waals surface area contributed by atoms with E-state index < -0.39 is 0 Å². The van der Waals surface area contributed by atoms with Gasteiger partial charge in [0.1, 0.15) is 0 Å². The minimum Gasteiger partial charge on any atom is -0.469 e. The van der Waals surface area contributed by atoms with Crippen LogP contribution in [0.5, 0.6) is 0 Å². The first-order chi connectivity index (χ1) is 8.25. The van der Waals surface area contributed by atoms with E-state index in [9.17, 15) is 4.79 Å². The highest BCUT2D eigenvalue weighted by molar-refractivity contribution is 5.70. The Hall–Kier alpha value is -0.610. The minimum atomic E-state index is -0.112. The zero-order chi connectivity index (χ0) is 13.9. The van der Waals surface area contributed by atoms with Crippen molar-refractivity contribution in [1.82, 2.24) is 9.80 Å². The Balaban J connectivity index is 2.86. The van der Waals surface area contributed by atoms with Crippen LogP contribution in [0.2, 0.25) is 0 Å². The number of carbonyl (C=O) groups is 1.